The van der Waals surface area contributed by atoms with Crippen molar-refractivity contribution in [2.24, 2.45) is 17.3 Å². The Morgan fingerprint density at radius 3 is 1.70 bits per heavy atom. The molecule has 4 heteroatoms. The van der Waals surface area contributed by atoms with Gasteiger partial charge in [0.05, 0.1) is 13.2 Å². The standard InChI is InChI=1S/C19H36O4/c1-7-12-22-17(20)19(14-16(5)6,11-9-10-15(3)4)18(21)23-13-8-2/h15-16H,7-14H2,1-6H3. The average Bonchev–Trinajstić information content (AvgIpc) is 2.48. The first-order chi connectivity index (χ1) is 10.8. The van der Waals surface area contributed by atoms with Crippen molar-refractivity contribution in [1.29, 1.82) is 0 Å². The molecule has 0 spiro atoms. The fourth-order valence-electron chi connectivity index (χ4n) is 2.73. The number of ether oxygens (including phenoxy) is 2. The predicted octanol–water partition coefficient (Wildman–Crippen LogP) is 4.75. The van der Waals surface area contributed by atoms with Crippen molar-refractivity contribution in [1.82, 2.24) is 0 Å². The van der Waals surface area contributed by atoms with E-state index < -0.39 is 17.4 Å². The first-order valence-electron chi connectivity index (χ1n) is 9.14. The average molecular weight is 328 g/mol. The van der Waals surface area contributed by atoms with Crippen LogP contribution in [0.2, 0.25) is 0 Å². The number of carbonyl (C=O) groups excluding carboxylic acids is 2. The van der Waals surface area contributed by atoms with Gasteiger partial charge in [0.2, 0.25) is 0 Å². The molecule has 0 saturated heterocycles. The van der Waals surface area contributed by atoms with Crippen LogP contribution < -0.4 is 0 Å². The van der Waals surface area contributed by atoms with Gasteiger partial charge in [-0.2, -0.15) is 0 Å². The van der Waals surface area contributed by atoms with Gasteiger partial charge in [-0.1, -0.05) is 54.4 Å². The molecule has 0 heterocycles. The Kier molecular flexibility index (Phi) is 10.9. The van der Waals surface area contributed by atoms with E-state index >= 15 is 0 Å². The maximum Gasteiger partial charge on any atom is 0.323 e. The van der Waals surface area contributed by atoms with E-state index in [-0.39, 0.29) is 5.92 Å². The molecule has 0 aromatic rings. The first kappa shape index (κ1) is 21.9. The first-order valence-corrected chi connectivity index (χ1v) is 9.14. The summed E-state index contributed by atoms with van der Waals surface area (Å²) in [7, 11) is 0. The lowest BCUT2D eigenvalue weighted by Crippen LogP contribution is -2.43. The summed E-state index contributed by atoms with van der Waals surface area (Å²) >= 11 is 0. The van der Waals surface area contributed by atoms with Crippen LogP contribution in [-0.2, 0) is 19.1 Å². The maximum absolute atomic E-state index is 12.7. The van der Waals surface area contributed by atoms with E-state index in [2.05, 4.69) is 13.8 Å². The van der Waals surface area contributed by atoms with Crippen molar-refractivity contribution >= 4 is 11.9 Å². The van der Waals surface area contributed by atoms with Crippen LogP contribution in [0.5, 0.6) is 0 Å². The summed E-state index contributed by atoms with van der Waals surface area (Å²) in [6, 6.07) is 0. The van der Waals surface area contributed by atoms with Gasteiger partial charge in [0.25, 0.3) is 0 Å². The predicted molar refractivity (Wildman–Crippen MR) is 93.1 cm³/mol. The second-order valence-corrected chi connectivity index (χ2v) is 7.24. The second kappa shape index (κ2) is 11.5. The molecule has 0 radical (unpaired) electrons. The molecule has 0 aliphatic carbocycles. The minimum Gasteiger partial charge on any atom is -0.465 e. The van der Waals surface area contributed by atoms with Crippen molar-refractivity contribution < 1.29 is 19.1 Å². The van der Waals surface area contributed by atoms with Crippen LogP contribution in [0.15, 0.2) is 0 Å². The summed E-state index contributed by atoms with van der Waals surface area (Å²) in [6.45, 7) is 12.9. The third-order valence-corrected chi connectivity index (χ3v) is 3.80. The molecule has 0 unspecified atom stereocenters. The van der Waals surface area contributed by atoms with Gasteiger partial charge in [-0.15, -0.1) is 0 Å². The zero-order valence-corrected chi connectivity index (χ0v) is 15.9. The van der Waals surface area contributed by atoms with Crippen molar-refractivity contribution in [3.05, 3.63) is 0 Å². The highest BCUT2D eigenvalue weighted by atomic mass is 16.6. The van der Waals surface area contributed by atoms with E-state index in [0.29, 0.717) is 32.0 Å². The van der Waals surface area contributed by atoms with E-state index in [1.54, 1.807) is 0 Å². The summed E-state index contributed by atoms with van der Waals surface area (Å²) in [4.78, 5) is 25.4. The van der Waals surface area contributed by atoms with E-state index in [1.165, 1.54) is 0 Å². The van der Waals surface area contributed by atoms with Gasteiger partial charge in [-0.25, -0.2) is 0 Å². The molecule has 0 fully saturated rings. The molecule has 0 saturated carbocycles. The van der Waals surface area contributed by atoms with E-state index in [1.807, 2.05) is 27.7 Å². The zero-order chi connectivity index (χ0) is 17.9. The third kappa shape index (κ3) is 7.85. The van der Waals surface area contributed by atoms with Crippen molar-refractivity contribution in [3.8, 4) is 0 Å². The summed E-state index contributed by atoms with van der Waals surface area (Å²) in [5.41, 5.74) is -1.15. The Morgan fingerprint density at radius 2 is 1.35 bits per heavy atom. The Bertz CT molecular complexity index is 327. The smallest absolute Gasteiger partial charge is 0.323 e. The molecule has 136 valence electrons. The zero-order valence-electron chi connectivity index (χ0n) is 15.9. The number of esters is 2. The van der Waals surface area contributed by atoms with Crippen LogP contribution >= 0.6 is 0 Å². The third-order valence-electron chi connectivity index (χ3n) is 3.80. The quantitative estimate of drug-likeness (QED) is 0.383. The van der Waals surface area contributed by atoms with Crippen LogP contribution in [-0.4, -0.2) is 25.2 Å². The molecule has 0 aromatic heterocycles. The maximum atomic E-state index is 12.7. The van der Waals surface area contributed by atoms with Crippen molar-refractivity contribution in [2.45, 2.75) is 80.1 Å². The van der Waals surface area contributed by atoms with E-state index in [9.17, 15) is 9.59 Å². The fourth-order valence-corrected chi connectivity index (χ4v) is 2.73. The molecule has 0 aliphatic heterocycles. The molecule has 0 aliphatic rings. The number of rotatable bonds is 12. The lowest BCUT2D eigenvalue weighted by atomic mass is 9.75. The summed E-state index contributed by atoms with van der Waals surface area (Å²) in [6.07, 6.45) is 4.30. The molecule has 0 aromatic carbocycles. The van der Waals surface area contributed by atoms with Crippen LogP contribution in [0, 0.1) is 17.3 Å². The highest BCUT2D eigenvalue weighted by Gasteiger charge is 2.48. The lowest BCUT2D eigenvalue weighted by Gasteiger charge is -2.31. The highest BCUT2D eigenvalue weighted by Crippen LogP contribution is 2.36. The van der Waals surface area contributed by atoms with Crippen LogP contribution in [0.3, 0.4) is 0 Å². The van der Waals surface area contributed by atoms with Crippen LogP contribution in [0.4, 0.5) is 0 Å². The molecule has 0 bridgehead atoms. The molecular weight excluding hydrogens is 292 g/mol. The Morgan fingerprint density at radius 1 is 0.870 bits per heavy atom. The van der Waals surface area contributed by atoms with Gasteiger partial charge in [0, 0.05) is 0 Å². The van der Waals surface area contributed by atoms with Crippen molar-refractivity contribution in [2.75, 3.05) is 13.2 Å². The monoisotopic (exact) mass is 328 g/mol. The summed E-state index contributed by atoms with van der Waals surface area (Å²) in [5.74, 6) is -0.0432. The van der Waals surface area contributed by atoms with Gasteiger partial charge in [-0.3, -0.25) is 9.59 Å². The highest BCUT2D eigenvalue weighted by molar-refractivity contribution is 6.00. The minimum atomic E-state index is -1.15. The second-order valence-electron chi connectivity index (χ2n) is 7.24. The molecular formula is C19H36O4. The van der Waals surface area contributed by atoms with Gasteiger partial charge in [-0.05, 0) is 37.5 Å². The fraction of sp³-hybridized carbons (Fsp3) is 0.895. The molecule has 0 rings (SSSR count). The Labute approximate surface area is 142 Å². The topological polar surface area (TPSA) is 52.6 Å². The van der Waals surface area contributed by atoms with Gasteiger partial charge >= 0.3 is 11.9 Å². The Balaban J connectivity index is 5.32. The van der Waals surface area contributed by atoms with Gasteiger partial charge in [0.15, 0.2) is 5.41 Å². The molecule has 0 atom stereocenters. The summed E-state index contributed by atoms with van der Waals surface area (Å²) in [5, 5.41) is 0. The number of hydrogen-bond acceptors (Lipinski definition) is 4. The van der Waals surface area contributed by atoms with E-state index in [0.717, 1.165) is 25.7 Å². The number of hydrogen-bond donors (Lipinski definition) is 0. The largest absolute Gasteiger partial charge is 0.465 e. The normalized spacial score (nSPS) is 11.8. The van der Waals surface area contributed by atoms with Crippen LogP contribution in [0.25, 0.3) is 0 Å². The van der Waals surface area contributed by atoms with Gasteiger partial charge < -0.3 is 9.47 Å². The molecule has 23 heavy (non-hydrogen) atoms. The number of carbonyl (C=O) groups is 2. The SMILES string of the molecule is CCCOC(=O)C(CCCC(C)C)(CC(C)C)C(=O)OCCC. The van der Waals surface area contributed by atoms with Crippen LogP contribution in [0.1, 0.15) is 80.1 Å². The van der Waals surface area contributed by atoms with Crippen molar-refractivity contribution in [3.63, 3.8) is 0 Å². The Hall–Kier alpha value is -1.06. The lowest BCUT2D eigenvalue weighted by molar-refractivity contribution is -0.175. The van der Waals surface area contributed by atoms with E-state index in [4.69, 9.17) is 9.47 Å². The van der Waals surface area contributed by atoms with Gasteiger partial charge in [0.1, 0.15) is 0 Å². The molecule has 4 nitrogen and oxygen atoms in total. The molecule has 0 N–H and O–H groups in total. The minimum absolute atomic E-state index is 0.220. The summed E-state index contributed by atoms with van der Waals surface area (Å²) < 4.78 is 10.8. The molecule has 0 amide bonds.